The highest BCUT2D eigenvalue weighted by Gasteiger charge is 2.12. The van der Waals surface area contributed by atoms with E-state index in [4.69, 9.17) is 5.73 Å². The summed E-state index contributed by atoms with van der Waals surface area (Å²) in [7, 11) is 1.50. The van der Waals surface area contributed by atoms with Gasteiger partial charge in [0.15, 0.2) is 0 Å². The molecular weight excluding hydrogens is 285 g/mol. The summed E-state index contributed by atoms with van der Waals surface area (Å²) < 4.78 is 15.0. The Labute approximate surface area is 128 Å². The Bertz CT molecular complexity index is 739. The molecule has 2 aromatic rings. The summed E-state index contributed by atoms with van der Waals surface area (Å²) in [6.45, 7) is 5.76. The molecule has 118 valence electrons. The molecule has 0 fully saturated rings. The number of benzene rings is 1. The molecule has 1 amide bonds. The number of halogens is 1. The predicted octanol–water partition coefficient (Wildman–Crippen LogP) is 2.70. The summed E-state index contributed by atoms with van der Waals surface area (Å²) in [5.74, 6) is -1.17. The lowest BCUT2D eigenvalue weighted by atomic mass is 10.2. The smallest absolute Gasteiger partial charge is 0.252 e. The Morgan fingerprint density at radius 2 is 1.86 bits per heavy atom. The number of hydrogen-bond acceptors (Lipinski definition) is 3. The molecule has 0 aliphatic carbocycles. The minimum Gasteiger partial charge on any atom is -0.365 e. The average molecular weight is 305 g/mol. The lowest BCUT2D eigenvalue weighted by Crippen LogP contribution is -2.22. The van der Waals surface area contributed by atoms with Crippen LogP contribution in [0.2, 0.25) is 0 Å². The number of nitrogens with two attached hydrogens (primary N) is 1. The van der Waals surface area contributed by atoms with Gasteiger partial charge in [0, 0.05) is 19.3 Å². The molecule has 0 aliphatic heterocycles. The third-order valence-corrected chi connectivity index (χ3v) is 2.89. The topological polar surface area (TPSA) is 77.1 Å². The number of aromatic nitrogens is 1. The van der Waals surface area contributed by atoms with E-state index in [1.807, 2.05) is 13.8 Å². The fourth-order valence-electron chi connectivity index (χ4n) is 1.80. The molecule has 0 aliphatic rings. The molecule has 0 saturated heterocycles. The summed E-state index contributed by atoms with van der Waals surface area (Å²) in [5.41, 5.74) is 6.18. The van der Waals surface area contributed by atoms with Gasteiger partial charge in [0.05, 0.1) is 16.9 Å². The normalized spacial score (nSPS) is 9.68. The molecule has 0 spiro atoms. The minimum absolute atomic E-state index is 0.118. The molecule has 0 radical (unpaired) electrons. The summed E-state index contributed by atoms with van der Waals surface area (Å²) in [6.07, 6.45) is 1.32. The molecular formula is C16H20FN3O2. The molecule has 5 nitrogen and oxygen atoms in total. The number of primary amides is 1. The van der Waals surface area contributed by atoms with Crippen LogP contribution in [0.15, 0.2) is 35.3 Å². The van der Waals surface area contributed by atoms with E-state index in [2.05, 4.69) is 5.32 Å². The number of carbonyl (C=O) groups is 1. The van der Waals surface area contributed by atoms with Crippen molar-refractivity contribution in [1.29, 1.82) is 0 Å². The van der Waals surface area contributed by atoms with Crippen LogP contribution in [-0.4, -0.2) is 10.5 Å². The zero-order valence-electron chi connectivity index (χ0n) is 13.1. The number of anilines is 2. The number of carbonyl (C=O) groups excluding carboxylic acids is 1. The van der Waals surface area contributed by atoms with Crippen LogP contribution in [-0.2, 0) is 7.05 Å². The van der Waals surface area contributed by atoms with Gasteiger partial charge in [0.1, 0.15) is 5.82 Å². The molecule has 0 unspecified atom stereocenters. The number of hydrogen-bond donors (Lipinski definition) is 2. The molecule has 22 heavy (non-hydrogen) atoms. The molecule has 3 N–H and O–H groups in total. The molecule has 0 bridgehead atoms. The van der Waals surface area contributed by atoms with Crippen LogP contribution < -0.4 is 16.6 Å². The first-order valence-electron chi connectivity index (χ1n) is 6.92. The van der Waals surface area contributed by atoms with E-state index in [1.54, 1.807) is 13.0 Å². The Morgan fingerprint density at radius 3 is 2.41 bits per heavy atom. The lowest BCUT2D eigenvalue weighted by Gasteiger charge is -2.12. The van der Waals surface area contributed by atoms with Crippen LogP contribution >= 0.6 is 0 Å². The van der Waals surface area contributed by atoms with Crippen LogP contribution in [0.3, 0.4) is 0 Å². The molecule has 2 rings (SSSR count). The van der Waals surface area contributed by atoms with Crippen molar-refractivity contribution < 1.29 is 9.18 Å². The predicted molar refractivity (Wildman–Crippen MR) is 86.0 cm³/mol. The summed E-state index contributed by atoms with van der Waals surface area (Å²) in [6, 6.07) is 5.82. The minimum atomic E-state index is -0.699. The Morgan fingerprint density at radius 1 is 1.23 bits per heavy atom. The fourth-order valence-corrected chi connectivity index (χ4v) is 1.80. The Kier molecular flexibility index (Phi) is 5.86. The SMILES string of the molecule is CC.Cc1ccc(Nc2cc(=O)n(C)cc2C(N)=O)c(F)c1. The maximum absolute atomic E-state index is 13.8. The average Bonchev–Trinajstić information content (AvgIpc) is 2.47. The maximum Gasteiger partial charge on any atom is 0.252 e. The second-order valence-electron chi connectivity index (χ2n) is 4.52. The van der Waals surface area contributed by atoms with E-state index in [1.165, 1.54) is 36.0 Å². The number of nitrogens with one attached hydrogen (secondary N) is 1. The highest BCUT2D eigenvalue weighted by Crippen LogP contribution is 2.22. The van der Waals surface area contributed by atoms with E-state index < -0.39 is 11.7 Å². The van der Waals surface area contributed by atoms with E-state index >= 15 is 0 Å². The first-order chi connectivity index (χ1) is 10.4. The zero-order chi connectivity index (χ0) is 16.9. The van der Waals surface area contributed by atoms with Crippen molar-refractivity contribution in [1.82, 2.24) is 4.57 Å². The van der Waals surface area contributed by atoms with Crippen LogP contribution in [0.5, 0.6) is 0 Å². The van der Waals surface area contributed by atoms with Crippen molar-refractivity contribution in [3.05, 3.63) is 57.8 Å². The van der Waals surface area contributed by atoms with Crippen LogP contribution in [0.1, 0.15) is 29.8 Å². The van der Waals surface area contributed by atoms with Gasteiger partial charge < -0.3 is 15.6 Å². The van der Waals surface area contributed by atoms with Gasteiger partial charge in [-0.15, -0.1) is 0 Å². The van der Waals surface area contributed by atoms with E-state index in [0.717, 1.165) is 5.56 Å². The first-order valence-corrected chi connectivity index (χ1v) is 6.92. The number of nitrogens with zero attached hydrogens (tertiary/aromatic N) is 1. The van der Waals surface area contributed by atoms with Crippen molar-refractivity contribution >= 4 is 17.3 Å². The highest BCUT2D eigenvalue weighted by molar-refractivity contribution is 5.98. The van der Waals surface area contributed by atoms with Crippen LogP contribution in [0, 0.1) is 12.7 Å². The largest absolute Gasteiger partial charge is 0.365 e. The van der Waals surface area contributed by atoms with E-state index in [-0.39, 0.29) is 22.5 Å². The first kappa shape index (κ1) is 17.4. The number of aryl methyl sites for hydroxylation is 2. The standard InChI is InChI=1S/C14H14FN3O2.C2H6/c1-8-3-4-11(10(15)5-8)17-12-6-13(19)18(2)7-9(12)14(16)20;1-2/h3-7,17H,1-2H3,(H2,16,20);1-2H3. The number of pyridine rings is 1. The van der Waals surface area contributed by atoms with Crippen LogP contribution in [0.25, 0.3) is 0 Å². The third kappa shape index (κ3) is 3.94. The molecule has 0 atom stereocenters. The van der Waals surface area contributed by atoms with Gasteiger partial charge in [-0.25, -0.2) is 4.39 Å². The number of rotatable bonds is 3. The lowest BCUT2D eigenvalue weighted by molar-refractivity contribution is 0.100. The van der Waals surface area contributed by atoms with Gasteiger partial charge in [-0.3, -0.25) is 9.59 Å². The molecule has 6 heteroatoms. The Hall–Kier alpha value is -2.63. The van der Waals surface area contributed by atoms with Gasteiger partial charge in [-0.2, -0.15) is 0 Å². The van der Waals surface area contributed by atoms with Crippen molar-refractivity contribution in [3.63, 3.8) is 0 Å². The number of amides is 1. The highest BCUT2D eigenvalue weighted by atomic mass is 19.1. The van der Waals surface area contributed by atoms with Gasteiger partial charge in [0.25, 0.3) is 11.5 Å². The fraction of sp³-hybridized carbons (Fsp3) is 0.250. The van der Waals surface area contributed by atoms with E-state index in [0.29, 0.717) is 0 Å². The molecule has 1 aromatic heterocycles. The monoisotopic (exact) mass is 305 g/mol. The third-order valence-electron chi connectivity index (χ3n) is 2.89. The van der Waals surface area contributed by atoms with Crippen molar-refractivity contribution in [2.45, 2.75) is 20.8 Å². The Balaban J connectivity index is 0.00000116. The van der Waals surface area contributed by atoms with Gasteiger partial charge >= 0.3 is 0 Å². The van der Waals surface area contributed by atoms with Crippen molar-refractivity contribution in [3.8, 4) is 0 Å². The summed E-state index contributed by atoms with van der Waals surface area (Å²) in [4.78, 5) is 23.0. The molecule has 1 aromatic carbocycles. The maximum atomic E-state index is 13.8. The second kappa shape index (κ2) is 7.40. The van der Waals surface area contributed by atoms with Gasteiger partial charge in [-0.1, -0.05) is 19.9 Å². The second-order valence-corrected chi connectivity index (χ2v) is 4.52. The summed E-state index contributed by atoms with van der Waals surface area (Å²) >= 11 is 0. The quantitative estimate of drug-likeness (QED) is 0.915. The van der Waals surface area contributed by atoms with Crippen LogP contribution in [0.4, 0.5) is 15.8 Å². The van der Waals surface area contributed by atoms with Crippen molar-refractivity contribution in [2.75, 3.05) is 5.32 Å². The van der Waals surface area contributed by atoms with Crippen molar-refractivity contribution in [2.24, 2.45) is 12.8 Å². The van der Waals surface area contributed by atoms with E-state index in [9.17, 15) is 14.0 Å². The summed E-state index contributed by atoms with van der Waals surface area (Å²) in [5, 5.41) is 2.73. The zero-order valence-corrected chi connectivity index (χ0v) is 13.1. The molecule has 0 saturated carbocycles. The van der Waals surface area contributed by atoms with Gasteiger partial charge in [0.2, 0.25) is 0 Å². The molecule has 1 heterocycles. The van der Waals surface area contributed by atoms with Gasteiger partial charge in [-0.05, 0) is 24.6 Å².